The summed E-state index contributed by atoms with van der Waals surface area (Å²) in [5.41, 5.74) is 2.28. The average molecular weight is 226 g/mol. The second kappa shape index (κ2) is 4.42. The average Bonchev–Trinajstić information content (AvgIpc) is 2.66. The van der Waals surface area contributed by atoms with Crippen molar-refractivity contribution in [1.29, 1.82) is 0 Å². The molecule has 1 atom stereocenters. The SMILES string of the molecule is Cc1ccc(N2CCC(CO)C2)c(Cl)c1. The highest BCUT2D eigenvalue weighted by molar-refractivity contribution is 6.33. The zero-order valence-corrected chi connectivity index (χ0v) is 9.67. The van der Waals surface area contributed by atoms with Gasteiger partial charge in [0.15, 0.2) is 0 Å². The maximum atomic E-state index is 9.08. The number of aliphatic hydroxyl groups is 1. The first-order valence-corrected chi connectivity index (χ1v) is 5.70. The minimum absolute atomic E-state index is 0.278. The third-order valence-corrected chi connectivity index (χ3v) is 3.29. The van der Waals surface area contributed by atoms with Crippen molar-refractivity contribution in [1.82, 2.24) is 0 Å². The van der Waals surface area contributed by atoms with E-state index in [-0.39, 0.29) is 6.61 Å². The zero-order chi connectivity index (χ0) is 10.8. The maximum Gasteiger partial charge on any atom is 0.0642 e. The van der Waals surface area contributed by atoms with Crippen LogP contribution in [-0.4, -0.2) is 24.8 Å². The molecule has 15 heavy (non-hydrogen) atoms. The van der Waals surface area contributed by atoms with Crippen LogP contribution < -0.4 is 4.90 Å². The largest absolute Gasteiger partial charge is 0.396 e. The van der Waals surface area contributed by atoms with Crippen LogP contribution in [0.4, 0.5) is 5.69 Å². The van der Waals surface area contributed by atoms with Crippen LogP contribution in [0.2, 0.25) is 5.02 Å². The molecule has 0 saturated carbocycles. The first kappa shape index (κ1) is 10.8. The Morgan fingerprint density at radius 2 is 2.33 bits per heavy atom. The smallest absolute Gasteiger partial charge is 0.0642 e. The molecule has 1 aliphatic rings. The van der Waals surface area contributed by atoms with Gasteiger partial charge in [-0.3, -0.25) is 0 Å². The number of hydrogen-bond donors (Lipinski definition) is 1. The number of aliphatic hydroxyl groups excluding tert-OH is 1. The van der Waals surface area contributed by atoms with Gasteiger partial charge in [-0.2, -0.15) is 0 Å². The van der Waals surface area contributed by atoms with Gasteiger partial charge in [0.1, 0.15) is 0 Å². The van der Waals surface area contributed by atoms with E-state index in [0.717, 1.165) is 30.2 Å². The molecule has 1 aliphatic heterocycles. The molecule has 1 fully saturated rings. The topological polar surface area (TPSA) is 23.5 Å². The van der Waals surface area contributed by atoms with Crippen molar-refractivity contribution >= 4 is 17.3 Å². The fourth-order valence-electron chi connectivity index (χ4n) is 2.07. The Labute approximate surface area is 95.5 Å². The van der Waals surface area contributed by atoms with E-state index in [9.17, 15) is 0 Å². The lowest BCUT2D eigenvalue weighted by atomic mass is 10.1. The summed E-state index contributed by atoms with van der Waals surface area (Å²) in [6, 6.07) is 6.13. The predicted octanol–water partition coefficient (Wildman–Crippen LogP) is 2.47. The summed E-state index contributed by atoms with van der Waals surface area (Å²) in [6.45, 7) is 4.23. The van der Waals surface area contributed by atoms with Crippen molar-refractivity contribution in [2.24, 2.45) is 5.92 Å². The van der Waals surface area contributed by atoms with Crippen LogP contribution in [-0.2, 0) is 0 Å². The van der Waals surface area contributed by atoms with Gasteiger partial charge in [0.25, 0.3) is 0 Å². The Morgan fingerprint density at radius 3 is 2.93 bits per heavy atom. The summed E-state index contributed by atoms with van der Waals surface area (Å²) in [7, 11) is 0. The molecular formula is C12H16ClNO. The number of hydrogen-bond acceptors (Lipinski definition) is 2. The van der Waals surface area contributed by atoms with E-state index in [4.69, 9.17) is 16.7 Å². The van der Waals surface area contributed by atoms with Crippen LogP contribution in [0.15, 0.2) is 18.2 Å². The highest BCUT2D eigenvalue weighted by Crippen LogP contribution is 2.30. The fourth-order valence-corrected chi connectivity index (χ4v) is 2.42. The lowest BCUT2D eigenvalue weighted by Crippen LogP contribution is -2.20. The molecule has 0 bridgehead atoms. The van der Waals surface area contributed by atoms with Gasteiger partial charge in [0.2, 0.25) is 0 Å². The molecule has 1 N–H and O–H groups in total. The Bertz CT molecular complexity index is 353. The van der Waals surface area contributed by atoms with E-state index in [1.165, 1.54) is 5.56 Å². The van der Waals surface area contributed by atoms with Crippen LogP contribution in [0.3, 0.4) is 0 Å². The summed E-state index contributed by atoms with van der Waals surface area (Å²) >= 11 is 6.20. The summed E-state index contributed by atoms with van der Waals surface area (Å²) in [5, 5.41) is 9.90. The lowest BCUT2D eigenvalue weighted by molar-refractivity contribution is 0.238. The molecule has 0 aromatic heterocycles. The number of nitrogens with zero attached hydrogens (tertiary/aromatic N) is 1. The molecule has 2 rings (SSSR count). The third-order valence-electron chi connectivity index (χ3n) is 2.99. The molecule has 1 unspecified atom stereocenters. The number of halogens is 1. The molecule has 82 valence electrons. The van der Waals surface area contributed by atoms with Crippen LogP contribution in [0.5, 0.6) is 0 Å². The molecular weight excluding hydrogens is 210 g/mol. The summed E-state index contributed by atoms with van der Waals surface area (Å²) in [6.07, 6.45) is 1.06. The zero-order valence-electron chi connectivity index (χ0n) is 8.91. The molecule has 1 saturated heterocycles. The quantitative estimate of drug-likeness (QED) is 0.836. The first-order valence-electron chi connectivity index (χ1n) is 5.32. The molecule has 0 aliphatic carbocycles. The van der Waals surface area contributed by atoms with Gasteiger partial charge in [-0.25, -0.2) is 0 Å². The van der Waals surface area contributed by atoms with Gasteiger partial charge in [0, 0.05) is 25.6 Å². The molecule has 0 radical (unpaired) electrons. The Morgan fingerprint density at radius 1 is 1.53 bits per heavy atom. The van der Waals surface area contributed by atoms with Crippen molar-refractivity contribution in [3.05, 3.63) is 28.8 Å². The summed E-state index contributed by atoms with van der Waals surface area (Å²) in [4.78, 5) is 2.25. The van der Waals surface area contributed by atoms with E-state index in [1.807, 2.05) is 13.0 Å². The maximum absolute atomic E-state index is 9.08. The number of anilines is 1. The second-order valence-electron chi connectivity index (χ2n) is 4.24. The highest BCUT2D eigenvalue weighted by Gasteiger charge is 2.23. The van der Waals surface area contributed by atoms with E-state index < -0.39 is 0 Å². The Hall–Kier alpha value is -0.730. The number of rotatable bonds is 2. The molecule has 3 heteroatoms. The van der Waals surface area contributed by atoms with Gasteiger partial charge >= 0.3 is 0 Å². The molecule has 1 aromatic rings. The Kier molecular flexibility index (Phi) is 3.17. The van der Waals surface area contributed by atoms with E-state index in [0.29, 0.717) is 5.92 Å². The lowest BCUT2D eigenvalue weighted by Gasteiger charge is -2.20. The van der Waals surface area contributed by atoms with E-state index in [1.54, 1.807) is 0 Å². The van der Waals surface area contributed by atoms with E-state index >= 15 is 0 Å². The normalized spacial score (nSPS) is 21.0. The summed E-state index contributed by atoms with van der Waals surface area (Å²) in [5.74, 6) is 0.405. The monoisotopic (exact) mass is 225 g/mol. The Balaban J connectivity index is 2.17. The standard InChI is InChI=1S/C12H16ClNO/c1-9-2-3-12(11(13)6-9)14-5-4-10(7-14)8-15/h2-3,6,10,15H,4-5,7-8H2,1H3. The molecule has 1 aromatic carbocycles. The molecule has 1 heterocycles. The van der Waals surface area contributed by atoms with Crippen LogP contribution >= 0.6 is 11.6 Å². The first-order chi connectivity index (χ1) is 7.20. The van der Waals surface area contributed by atoms with Gasteiger partial charge in [0.05, 0.1) is 10.7 Å². The van der Waals surface area contributed by atoms with Crippen molar-refractivity contribution in [3.63, 3.8) is 0 Å². The van der Waals surface area contributed by atoms with Gasteiger partial charge < -0.3 is 10.0 Å². The van der Waals surface area contributed by atoms with Crippen molar-refractivity contribution in [2.75, 3.05) is 24.6 Å². The van der Waals surface area contributed by atoms with E-state index in [2.05, 4.69) is 17.0 Å². The number of aryl methyl sites for hydroxylation is 1. The minimum atomic E-state index is 0.278. The molecule has 0 amide bonds. The fraction of sp³-hybridized carbons (Fsp3) is 0.500. The molecule has 2 nitrogen and oxygen atoms in total. The third kappa shape index (κ3) is 2.27. The predicted molar refractivity (Wildman–Crippen MR) is 63.6 cm³/mol. The highest BCUT2D eigenvalue weighted by atomic mass is 35.5. The summed E-state index contributed by atoms with van der Waals surface area (Å²) < 4.78 is 0. The van der Waals surface area contributed by atoms with Gasteiger partial charge in [-0.15, -0.1) is 0 Å². The van der Waals surface area contributed by atoms with Crippen molar-refractivity contribution in [2.45, 2.75) is 13.3 Å². The van der Waals surface area contributed by atoms with Crippen LogP contribution in [0.25, 0.3) is 0 Å². The second-order valence-corrected chi connectivity index (χ2v) is 4.65. The van der Waals surface area contributed by atoms with Gasteiger partial charge in [-0.05, 0) is 31.0 Å². The molecule has 0 spiro atoms. The van der Waals surface area contributed by atoms with Crippen LogP contribution in [0, 0.1) is 12.8 Å². The minimum Gasteiger partial charge on any atom is -0.396 e. The van der Waals surface area contributed by atoms with Gasteiger partial charge in [-0.1, -0.05) is 17.7 Å². The number of benzene rings is 1. The van der Waals surface area contributed by atoms with Crippen molar-refractivity contribution in [3.8, 4) is 0 Å². The van der Waals surface area contributed by atoms with Crippen molar-refractivity contribution < 1.29 is 5.11 Å². The van der Waals surface area contributed by atoms with Crippen LogP contribution in [0.1, 0.15) is 12.0 Å².